The first-order valence-corrected chi connectivity index (χ1v) is 10.6. The molecule has 30 heavy (non-hydrogen) atoms. The van der Waals surface area contributed by atoms with E-state index in [-0.39, 0.29) is 47.6 Å². The van der Waals surface area contributed by atoms with Crippen molar-refractivity contribution < 1.29 is 19.1 Å². The van der Waals surface area contributed by atoms with Gasteiger partial charge in [0.1, 0.15) is 6.10 Å². The summed E-state index contributed by atoms with van der Waals surface area (Å²) in [4.78, 5) is 37.9. The van der Waals surface area contributed by atoms with Crippen LogP contribution in [0.15, 0.2) is 48.5 Å². The number of rotatable bonds is 5. The molecule has 5 atom stereocenters. The minimum atomic E-state index is -0.338. The van der Waals surface area contributed by atoms with Crippen LogP contribution in [-0.2, 0) is 20.7 Å². The molecule has 0 unspecified atom stereocenters. The number of aryl methyl sites for hydroxylation is 1. The van der Waals surface area contributed by atoms with Gasteiger partial charge in [0.05, 0.1) is 11.8 Å². The molecule has 3 fully saturated rings. The standard InChI is InChI=1S/C24H24N2O4/c1-2-13-6-3-4-9-18(13)26-22(27)14-7-5-8-16(10-14)25-23(28)20-15-11-17-19(12-15)30-24(29)21(17)20/h3-10,15,17,19-21H,2,11-12H2,1H3,(H,25,28)(H,26,27)/t15-,17+,19-,20-,21+/m1/s1. The second-order valence-corrected chi connectivity index (χ2v) is 8.46. The van der Waals surface area contributed by atoms with Gasteiger partial charge in [-0.15, -0.1) is 0 Å². The van der Waals surface area contributed by atoms with Gasteiger partial charge in [-0.25, -0.2) is 0 Å². The molecule has 2 bridgehead atoms. The summed E-state index contributed by atoms with van der Waals surface area (Å²) in [6.45, 7) is 2.04. The Bertz CT molecular complexity index is 1030. The molecule has 2 aromatic carbocycles. The van der Waals surface area contributed by atoms with Gasteiger partial charge in [-0.1, -0.05) is 31.2 Å². The quantitative estimate of drug-likeness (QED) is 0.745. The van der Waals surface area contributed by atoms with Crippen LogP contribution in [-0.4, -0.2) is 23.9 Å². The van der Waals surface area contributed by atoms with Crippen molar-refractivity contribution in [2.75, 3.05) is 10.6 Å². The van der Waals surface area contributed by atoms with Crippen molar-refractivity contribution in [3.8, 4) is 0 Å². The molecule has 5 rings (SSSR count). The summed E-state index contributed by atoms with van der Waals surface area (Å²) < 4.78 is 5.42. The summed E-state index contributed by atoms with van der Waals surface area (Å²) in [6.07, 6.45) is 2.50. The average molecular weight is 404 g/mol. The summed E-state index contributed by atoms with van der Waals surface area (Å²) in [7, 11) is 0. The van der Waals surface area contributed by atoms with Gasteiger partial charge in [-0.05, 0) is 55.0 Å². The average Bonchev–Trinajstić information content (AvgIpc) is 3.37. The van der Waals surface area contributed by atoms with E-state index < -0.39 is 0 Å². The number of carbonyl (C=O) groups excluding carboxylic acids is 3. The lowest BCUT2D eigenvalue weighted by atomic mass is 9.79. The van der Waals surface area contributed by atoms with E-state index in [4.69, 9.17) is 4.74 Å². The largest absolute Gasteiger partial charge is 0.462 e. The molecular formula is C24H24N2O4. The Morgan fingerprint density at radius 3 is 2.73 bits per heavy atom. The molecule has 0 spiro atoms. The number of ether oxygens (including phenoxy) is 1. The third-order valence-electron chi connectivity index (χ3n) is 6.82. The minimum absolute atomic E-state index is 0.00886. The van der Waals surface area contributed by atoms with Crippen LogP contribution in [0.4, 0.5) is 11.4 Å². The first-order chi connectivity index (χ1) is 14.5. The van der Waals surface area contributed by atoms with Gasteiger partial charge in [-0.3, -0.25) is 14.4 Å². The number of hydrogen-bond acceptors (Lipinski definition) is 4. The van der Waals surface area contributed by atoms with Gasteiger partial charge in [0.2, 0.25) is 5.91 Å². The Kier molecular flexibility index (Phi) is 4.57. The summed E-state index contributed by atoms with van der Waals surface area (Å²) in [5.41, 5.74) is 2.87. The fourth-order valence-corrected chi connectivity index (χ4v) is 5.47. The second-order valence-electron chi connectivity index (χ2n) is 8.46. The van der Waals surface area contributed by atoms with Gasteiger partial charge in [-0.2, -0.15) is 0 Å². The zero-order valence-electron chi connectivity index (χ0n) is 16.8. The molecular weight excluding hydrogens is 380 g/mol. The second kappa shape index (κ2) is 7.27. The van der Waals surface area contributed by atoms with E-state index >= 15 is 0 Å². The Morgan fingerprint density at radius 1 is 1.07 bits per heavy atom. The third-order valence-corrected chi connectivity index (χ3v) is 6.82. The molecule has 1 heterocycles. The number of esters is 1. The minimum Gasteiger partial charge on any atom is -0.462 e. The third kappa shape index (κ3) is 3.07. The molecule has 3 aliphatic rings. The molecule has 2 amide bonds. The Hall–Kier alpha value is -3.15. The first kappa shape index (κ1) is 18.9. The molecule has 2 aromatic rings. The van der Waals surface area contributed by atoms with Crippen molar-refractivity contribution in [1.82, 2.24) is 0 Å². The van der Waals surface area contributed by atoms with Gasteiger partial charge < -0.3 is 15.4 Å². The van der Waals surface area contributed by atoms with Crippen LogP contribution in [0.25, 0.3) is 0 Å². The SMILES string of the molecule is CCc1ccccc1NC(=O)c1cccc(NC(=O)[C@@H]2[C@@H]3C[C@@H]4[C@@H]2C(=O)O[C@@H]4C3)c1. The maximum absolute atomic E-state index is 13.0. The topological polar surface area (TPSA) is 84.5 Å². The molecule has 2 aliphatic carbocycles. The predicted octanol–water partition coefficient (Wildman–Crippen LogP) is 3.64. The molecule has 6 nitrogen and oxygen atoms in total. The molecule has 6 heteroatoms. The fraction of sp³-hybridized carbons (Fsp3) is 0.375. The van der Waals surface area contributed by atoms with E-state index in [1.807, 2.05) is 31.2 Å². The van der Waals surface area contributed by atoms with Crippen molar-refractivity contribution in [3.05, 3.63) is 59.7 Å². The number of carbonyl (C=O) groups is 3. The predicted molar refractivity (Wildman–Crippen MR) is 112 cm³/mol. The van der Waals surface area contributed by atoms with Gasteiger partial charge in [0, 0.05) is 22.9 Å². The molecule has 2 N–H and O–H groups in total. The lowest BCUT2D eigenvalue weighted by Gasteiger charge is -2.23. The summed E-state index contributed by atoms with van der Waals surface area (Å²) in [6, 6.07) is 14.6. The van der Waals surface area contributed by atoms with Crippen LogP contribution < -0.4 is 10.6 Å². The van der Waals surface area contributed by atoms with Crippen molar-refractivity contribution in [2.45, 2.75) is 32.3 Å². The number of fused-ring (bicyclic) bond motifs is 1. The number of amides is 2. The van der Waals surface area contributed by atoms with Crippen LogP contribution in [0.5, 0.6) is 0 Å². The maximum Gasteiger partial charge on any atom is 0.310 e. The van der Waals surface area contributed by atoms with Crippen LogP contribution in [0.1, 0.15) is 35.7 Å². The van der Waals surface area contributed by atoms with Crippen molar-refractivity contribution >= 4 is 29.2 Å². The Balaban J connectivity index is 1.30. The van der Waals surface area contributed by atoms with Gasteiger partial charge >= 0.3 is 5.97 Å². The highest BCUT2D eigenvalue weighted by Crippen LogP contribution is 2.57. The highest BCUT2D eigenvalue weighted by atomic mass is 16.6. The summed E-state index contributed by atoms with van der Waals surface area (Å²) >= 11 is 0. The highest BCUT2D eigenvalue weighted by molar-refractivity contribution is 6.06. The zero-order chi connectivity index (χ0) is 20.8. The van der Waals surface area contributed by atoms with Gasteiger partial charge in [0.15, 0.2) is 0 Å². The van der Waals surface area contributed by atoms with E-state index in [2.05, 4.69) is 10.6 Å². The smallest absolute Gasteiger partial charge is 0.310 e. The molecule has 154 valence electrons. The van der Waals surface area contributed by atoms with E-state index in [1.165, 1.54) is 0 Å². The Labute approximate surface area is 175 Å². The molecule has 2 saturated carbocycles. The molecule has 0 aromatic heterocycles. The normalized spacial score (nSPS) is 28.3. The van der Waals surface area contributed by atoms with E-state index in [1.54, 1.807) is 24.3 Å². The number of anilines is 2. The summed E-state index contributed by atoms with van der Waals surface area (Å²) in [5.74, 6) is -0.871. The van der Waals surface area contributed by atoms with Crippen LogP contribution in [0.3, 0.4) is 0 Å². The number of para-hydroxylation sites is 1. The zero-order valence-corrected chi connectivity index (χ0v) is 16.8. The Morgan fingerprint density at radius 2 is 1.90 bits per heavy atom. The van der Waals surface area contributed by atoms with Crippen LogP contribution in [0.2, 0.25) is 0 Å². The summed E-state index contributed by atoms with van der Waals surface area (Å²) in [5, 5.41) is 5.88. The first-order valence-electron chi connectivity index (χ1n) is 10.6. The highest BCUT2D eigenvalue weighted by Gasteiger charge is 2.63. The van der Waals surface area contributed by atoms with E-state index in [0.29, 0.717) is 11.3 Å². The lowest BCUT2D eigenvalue weighted by molar-refractivity contribution is -0.145. The van der Waals surface area contributed by atoms with Crippen molar-refractivity contribution in [3.63, 3.8) is 0 Å². The van der Waals surface area contributed by atoms with Crippen molar-refractivity contribution in [2.24, 2.45) is 23.7 Å². The van der Waals surface area contributed by atoms with E-state index in [0.717, 1.165) is 30.5 Å². The van der Waals surface area contributed by atoms with Crippen molar-refractivity contribution in [1.29, 1.82) is 0 Å². The molecule has 1 aliphatic heterocycles. The lowest BCUT2D eigenvalue weighted by Crippen LogP contribution is -2.35. The fourth-order valence-electron chi connectivity index (χ4n) is 5.47. The number of nitrogens with one attached hydrogen (secondary N) is 2. The van der Waals surface area contributed by atoms with Crippen LogP contribution >= 0.6 is 0 Å². The van der Waals surface area contributed by atoms with E-state index in [9.17, 15) is 14.4 Å². The molecule has 0 radical (unpaired) electrons. The molecule has 1 saturated heterocycles. The monoisotopic (exact) mass is 404 g/mol. The van der Waals surface area contributed by atoms with Crippen LogP contribution in [0, 0.1) is 23.7 Å². The number of benzene rings is 2. The number of hydrogen-bond donors (Lipinski definition) is 2. The maximum atomic E-state index is 13.0. The van der Waals surface area contributed by atoms with Gasteiger partial charge in [0.25, 0.3) is 5.91 Å².